The molecule has 1 aliphatic carbocycles. The molecule has 76 valence electrons. The van der Waals surface area contributed by atoms with Gasteiger partial charge in [-0.15, -0.1) is 5.10 Å². The van der Waals surface area contributed by atoms with E-state index in [4.69, 9.17) is 0 Å². The van der Waals surface area contributed by atoms with Crippen LogP contribution in [0.2, 0.25) is 0 Å². The van der Waals surface area contributed by atoms with Crippen LogP contribution in [0.25, 0.3) is 0 Å². The summed E-state index contributed by atoms with van der Waals surface area (Å²) in [5.41, 5.74) is 1.16. The van der Waals surface area contributed by atoms with Gasteiger partial charge >= 0.3 is 0 Å². The Morgan fingerprint density at radius 3 is 2.79 bits per heavy atom. The monoisotopic (exact) mass is 209 g/mol. The molecule has 0 radical (unpaired) electrons. The molecule has 1 aromatic rings. The number of rotatable bonds is 2. The van der Waals surface area contributed by atoms with Crippen molar-refractivity contribution in [1.29, 1.82) is 0 Å². The molecule has 0 aromatic carbocycles. The molecule has 2 unspecified atom stereocenters. The van der Waals surface area contributed by atoms with Gasteiger partial charge in [0, 0.05) is 11.9 Å². The SMILES string of the molecule is c1snnc1C1NCC1C1CCCC1. The molecular formula is C10H15N3S. The molecule has 0 amide bonds. The van der Waals surface area contributed by atoms with Gasteiger partial charge in [-0.05, 0) is 23.4 Å². The fourth-order valence-corrected chi connectivity index (χ4v) is 3.32. The summed E-state index contributed by atoms with van der Waals surface area (Å²) < 4.78 is 3.94. The van der Waals surface area contributed by atoms with Crippen molar-refractivity contribution in [2.45, 2.75) is 31.7 Å². The maximum absolute atomic E-state index is 4.17. The van der Waals surface area contributed by atoms with Gasteiger partial charge in [0.25, 0.3) is 0 Å². The number of nitrogens with one attached hydrogen (secondary N) is 1. The summed E-state index contributed by atoms with van der Waals surface area (Å²) in [7, 11) is 0. The van der Waals surface area contributed by atoms with E-state index >= 15 is 0 Å². The van der Waals surface area contributed by atoms with Crippen LogP contribution in [-0.2, 0) is 0 Å². The largest absolute Gasteiger partial charge is 0.308 e. The highest BCUT2D eigenvalue weighted by Crippen LogP contribution is 2.41. The Kier molecular flexibility index (Phi) is 2.25. The predicted octanol–water partition coefficient (Wildman–Crippen LogP) is 1.99. The summed E-state index contributed by atoms with van der Waals surface area (Å²) in [6.45, 7) is 1.19. The lowest BCUT2D eigenvalue weighted by Crippen LogP contribution is -2.49. The third-order valence-electron chi connectivity index (χ3n) is 3.70. The van der Waals surface area contributed by atoms with Crippen molar-refractivity contribution in [2.24, 2.45) is 11.8 Å². The first kappa shape index (κ1) is 8.80. The molecule has 2 fully saturated rings. The van der Waals surface area contributed by atoms with E-state index in [1.54, 1.807) is 0 Å². The lowest BCUT2D eigenvalue weighted by atomic mass is 9.78. The molecule has 14 heavy (non-hydrogen) atoms. The van der Waals surface area contributed by atoms with E-state index in [1.165, 1.54) is 43.8 Å². The van der Waals surface area contributed by atoms with Crippen LogP contribution in [0.1, 0.15) is 37.4 Å². The third-order valence-corrected chi connectivity index (χ3v) is 4.23. The molecule has 2 heterocycles. The van der Waals surface area contributed by atoms with Gasteiger partial charge in [0.05, 0.1) is 11.7 Å². The Labute approximate surface area is 88.1 Å². The lowest BCUT2D eigenvalue weighted by molar-refractivity contribution is 0.152. The van der Waals surface area contributed by atoms with Crippen molar-refractivity contribution >= 4 is 11.5 Å². The van der Waals surface area contributed by atoms with E-state index in [-0.39, 0.29) is 0 Å². The fourth-order valence-electron chi connectivity index (χ4n) is 2.83. The number of nitrogens with zero attached hydrogens (tertiary/aromatic N) is 2. The maximum atomic E-state index is 4.17. The van der Waals surface area contributed by atoms with E-state index in [0.29, 0.717) is 6.04 Å². The highest BCUT2D eigenvalue weighted by atomic mass is 32.1. The molecule has 1 saturated carbocycles. The molecule has 3 nitrogen and oxygen atoms in total. The maximum Gasteiger partial charge on any atom is 0.0928 e. The molecule has 1 aliphatic heterocycles. The highest BCUT2D eigenvalue weighted by Gasteiger charge is 2.39. The summed E-state index contributed by atoms with van der Waals surface area (Å²) in [6, 6.07) is 0.511. The van der Waals surface area contributed by atoms with Crippen molar-refractivity contribution in [2.75, 3.05) is 6.54 Å². The van der Waals surface area contributed by atoms with Crippen LogP contribution in [0.4, 0.5) is 0 Å². The molecule has 2 atom stereocenters. The fraction of sp³-hybridized carbons (Fsp3) is 0.800. The normalized spacial score (nSPS) is 33.1. The zero-order valence-corrected chi connectivity index (χ0v) is 8.96. The molecule has 1 aromatic heterocycles. The van der Waals surface area contributed by atoms with E-state index in [0.717, 1.165) is 17.5 Å². The molecule has 1 N–H and O–H groups in total. The second-order valence-corrected chi connectivity index (χ2v) is 5.03. The van der Waals surface area contributed by atoms with Gasteiger partial charge in [0.2, 0.25) is 0 Å². The second kappa shape index (κ2) is 3.59. The minimum atomic E-state index is 0.511. The Bertz CT molecular complexity index is 292. The number of hydrogen-bond acceptors (Lipinski definition) is 4. The van der Waals surface area contributed by atoms with Crippen molar-refractivity contribution in [1.82, 2.24) is 14.9 Å². The minimum absolute atomic E-state index is 0.511. The summed E-state index contributed by atoms with van der Waals surface area (Å²) in [6.07, 6.45) is 5.73. The van der Waals surface area contributed by atoms with Gasteiger partial charge in [0.1, 0.15) is 0 Å². The zero-order chi connectivity index (χ0) is 9.38. The van der Waals surface area contributed by atoms with Crippen LogP contribution in [0.5, 0.6) is 0 Å². The van der Waals surface area contributed by atoms with E-state index in [1.807, 2.05) is 0 Å². The molecule has 2 aliphatic rings. The van der Waals surface area contributed by atoms with E-state index in [2.05, 4.69) is 20.3 Å². The van der Waals surface area contributed by atoms with E-state index < -0.39 is 0 Å². The summed E-state index contributed by atoms with van der Waals surface area (Å²) in [5.74, 6) is 1.78. The average Bonchev–Trinajstić information content (AvgIpc) is 2.73. The van der Waals surface area contributed by atoms with Crippen LogP contribution in [-0.4, -0.2) is 16.1 Å². The van der Waals surface area contributed by atoms with Crippen LogP contribution < -0.4 is 5.32 Å². The molecule has 1 saturated heterocycles. The first-order valence-corrected chi connectivity index (χ1v) is 6.29. The van der Waals surface area contributed by atoms with Gasteiger partial charge in [-0.2, -0.15) is 0 Å². The summed E-state index contributed by atoms with van der Waals surface area (Å²) in [5, 5.41) is 9.73. The number of hydrogen-bond donors (Lipinski definition) is 1. The highest BCUT2D eigenvalue weighted by molar-refractivity contribution is 7.03. The van der Waals surface area contributed by atoms with Crippen LogP contribution >= 0.6 is 11.5 Å². The zero-order valence-electron chi connectivity index (χ0n) is 8.15. The van der Waals surface area contributed by atoms with Gasteiger partial charge in [-0.3, -0.25) is 0 Å². The van der Waals surface area contributed by atoms with Crippen molar-refractivity contribution < 1.29 is 0 Å². The van der Waals surface area contributed by atoms with Crippen molar-refractivity contribution in [3.05, 3.63) is 11.1 Å². The van der Waals surface area contributed by atoms with E-state index in [9.17, 15) is 0 Å². The third kappa shape index (κ3) is 1.37. The second-order valence-electron chi connectivity index (χ2n) is 4.42. The first-order chi connectivity index (χ1) is 6.95. The molecule has 4 heteroatoms. The summed E-state index contributed by atoms with van der Waals surface area (Å²) >= 11 is 1.46. The smallest absolute Gasteiger partial charge is 0.0928 e. The first-order valence-electron chi connectivity index (χ1n) is 5.45. The molecule has 3 rings (SSSR count). The topological polar surface area (TPSA) is 37.8 Å². The average molecular weight is 209 g/mol. The van der Waals surface area contributed by atoms with Gasteiger partial charge in [0.15, 0.2) is 0 Å². The standard InChI is InChI=1S/C10H15N3S/c1-2-4-7(3-1)8-5-11-10(8)9-6-14-13-12-9/h6-8,10-11H,1-5H2. The lowest BCUT2D eigenvalue weighted by Gasteiger charge is -2.40. The predicted molar refractivity (Wildman–Crippen MR) is 56.1 cm³/mol. The van der Waals surface area contributed by atoms with Gasteiger partial charge in [-0.1, -0.05) is 30.2 Å². The molecular weight excluding hydrogens is 194 g/mol. The molecule has 0 bridgehead atoms. The summed E-state index contributed by atoms with van der Waals surface area (Å²) in [4.78, 5) is 0. The Morgan fingerprint density at radius 1 is 1.36 bits per heavy atom. The van der Waals surface area contributed by atoms with Crippen LogP contribution in [0.15, 0.2) is 5.38 Å². The van der Waals surface area contributed by atoms with Crippen molar-refractivity contribution in [3.8, 4) is 0 Å². The van der Waals surface area contributed by atoms with Crippen LogP contribution in [0, 0.1) is 11.8 Å². The van der Waals surface area contributed by atoms with Gasteiger partial charge < -0.3 is 5.32 Å². The number of aromatic nitrogens is 2. The molecule has 0 spiro atoms. The Hall–Kier alpha value is -0.480. The van der Waals surface area contributed by atoms with Crippen molar-refractivity contribution in [3.63, 3.8) is 0 Å². The van der Waals surface area contributed by atoms with Crippen LogP contribution in [0.3, 0.4) is 0 Å². The Balaban J connectivity index is 1.71. The van der Waals surface area contributed by atoms with Gasteiger partial charge in [-0.25, -0.2) is 0 Å². The minimum Gasteiger partial charge on any atom is -0.308 e. The quantitative estimate of drug-likeness (QED) is 0.809. The Morgan fingerprint density at radius 2 is 2.21 bits per heavy atom.